The van der Waals surface area contributed by atoms with E-state index in [1.54, 1.807) is 0 Å². The lowest BCUT2D eigenvalue weighted by Crippen LogP contribution is -2.09. The normalized spacial score (nSPS) is 29.9. The van der Waals surface area contributed by atoms with Crippen LogP contribution in [0.1, 0.15) is 27.2 Å². The first-order valence-electron chi connectivity index (χ1n) is 3.81. The second-order valence-electron chi connectivity index (χ2n) is 2.84. The highest BCUT2D eigenvalue weighted by atomic mass is 15.2. The zero-order valence-electron chi connectivity index (χ0n) is 7.20. The van der Waals surface area contributed by atoms with E-state index in [2.05, 4.69) is 22.1 Å². The first kappa shape index (κ1) is 8.11. The summed E-state index contributed by atoms with van der Waals surface area (Å²) in [5.74, 6) is 1.20. The number of amidine groups is 1. The second kappa shape index (κ2) is 3.42. The fourth-order valence-corrected chi connectivity index (χ4v) is 0.789. The maximum Gasteiger partial charge on any atom is 0.147 e. The van der Waals surface area contributed by atoms with Crippen molar-refractivity contribution in [1.82, 2.24) is 0 Å². The van der Waals surface area contributed by atoms with Crippen LogP contribution in [-0.4, -0.2) is 17.8 Å². The molecule has 1 unspecified atom stereocenters. The van der Waals surface area contributed by atoms with Gasteiger partial charge in [-0.3, -0.25) is 0 Å². The van der Waals surface area contributed by atoms with Crippen LogP contribution in [0.5, 0.6) is 0 Å². The summed E-state index contributed by atoms with van der Waals surface area (Å²) in [7, 11) is 0. The SMILES string of the molecule is CC1=N/N=C(/C)C(C)CC=N1. The van der Waals surface area contributed by atoms with Gasteiger partial charge in [0, 0.05) is 17.8 Å². The molecule has 0 aromatic carbocycles. The summed E-state index contributed by atoms with van der Waals surface area (Å²) >= 11 is 0. The van der Waals surface area contributed by atoms with E-state index in [0.29, 0.717) is 5.92 Å². The fourth-order valence-electron chi connectivity index (χ4n) is 0.789. The van der Waals surface area contributed by atoms with Gasteiger partial charge in [0.05, 0.1) is 0 Å². The Balaban J connectivity index is 2.84. The molecule has 0 aliphatic carbocycles. The molecular weight excluding hydrogens is 138 g/mol. The number of rotatable bonds is 0. The highest BCUT2D eigenvalue weighted by Gasteiger charge is 2.05. The quantitative estimate of drug-likeness (QED) is 0.507. The van der Waals surface area contributed by atoms with Crippen molar-refractivity contribution < 1.29 is 0 Å². The molecule has 60 valence electrons. The maximum atomic E-state index is 4.09. The molecule has 1 rings (SSSR count). The average molecular weight is 151 g/mol. The van der Waals surface area contributed by atoms with Crippen molar-refractivity contribution in [3.63, 3.8) is 0 Å². The predicted octanol–water partition coefficient (Wildman–Crippen LogP) is 1.89. The summed E-state index contributed by atoms with van der Waals surface area (Å²) in [4.78, 5) is 4.09. The second-order valence-corrected chi connectivity index (χ2v) is 2.84. The van der Waals surface area contributed by atoms with Crippen LogP contribution in [0.2, 0.25) is 0 Å². The van der Waals surface area contributed by atoms with E-state index in [1.807, 2.05) is 20.1 Å². The average Bonchev–Trinajstić information content (AvgIpc) is 1.98. The van der Waals surface area contributed by atoms with E-state index in [1.165, 1.54) is 0 Å². The zero-order chi connectivity index (χ0) is 8.27. The molecule has 0 radical (unpaired) electrons. The van der Waals surface area contributed by atoms with Crippen molar-refractivity contribution in [3.8, 4) is 0 Å². The standard InChI is InChI=1S/C8H13N3/c1-6-4-5-9-8(3)11-10-7(6)2/h5-6H,4H2,1-3H3/b9-5?,10-7-,11-8?. The summed E-state index contributed by atoms with van der Waals surface area (Å²) in [5.41, 5.74) is 1.08. The molecule has 0 bridgehead atoms. The Labute approximate surface area is 66.9 Å². The van der Waals surface area contributed by atoms with Gasteiger partial charge in [0.2, 0.25) is 0 Å². The lowest BCUT2D eigenvalue weighted by Gasteiger charge is -2.07. The monoisotopic (exact) mass is 151 g/mol. The molecule has 1 atom stereocenters. The Bertz CT molecular complexity index is 225. The molecule has 1 aliphatic rings. The lowest BCUT2D eigenvalue weighted by atomic mass is 10.0. The van der Waals surface area contributed by atoms with Crippen molar-refractivity contribution in [3.05, 3.63) is 0 Å². The summed E-state index contributed by atoms with van der Waals surface area (Å²) in [5, 5.41) is 7.96. The minimum absolute atomic E-state index is 0.468. The minimum Gasteiger partial charge on any atom is -0.244 e. The predicted molar refractivity (Wildman–Crippen MR) is 48.5 cm³/mol. The third-order valence-electron chi connectivity index (χ3n) is 1.80. The van der Waals surface area contributed by atoms with Gasteiger partial charge in [-0.1, -0.05) is 6.92 Å². The third kappa shape index (κ3) is 2.26. The summed E-state index contributed by atoms with van der Waals surface area (Å²) in [6, 6.07) is 0. The molecule has 0 spiro atoms. The number of hydrogen-bond acceptors (Lipinski definition) is 3. The third-order valence-corrected chi connectivity index (χ3v) is 1.80. The van der Waals surface area contributed by atoms with Crippen LogP contribution in [-0.2, 0) is 0 Å². The first-order chi connectivity index (χ1) is 5.20. The van der Waals surface area contributed by atoms with Gasteiger partial charge >= 0.3 is 0 Å². The molecule has 0 N–H and O–H groups in total. The Morgan fingerprint density at radius 2 is 2.09 bits per heavy atom. The Morgan fingerprint density at radius 3 is 2.82 bits per heavy atom. The molecule has 1 heterocycles. The van der Waals surface area contributed by atoms with E-state index in [0.717, 1.165) is 18.0 Å². The van der Waals surface area contributed by atoms with Crippen LogP contribution in [0.25, 0.3) is 0 Å². The van der Waals surface area contributed by atoms with Crippen LogP contribution in [0.4, 0.5) is 0 Å². The summed E-state index contributed by atoms with van der Waals surface area (Å²) < 4.78 is 0. The Hall–Kier alpha value is -0.990. The van der Waals surface area contributed by atoms with Crippen molar-refractivity contribution in [2.45, 2.75) is 27.2 Å². The topological polar surface area (TPSA) is 37.1 Å². The van der Waals surface area contributed by atoms with Crippen molar-refractivity contribution in [1.29, 1.82) is 0 Å². The van der Waals surface area contributed by atoms with Gasteiger partial charge in [-0.15, -0.1) is 5.10 Å². The zero-order valence-corrected chi connectivity index (χ0v) is 7.20. The van der Waals surface area contributed by atoms with Gasteiger partial charge in [-0.2, -0.15) is 5.10 Å². The number of aliphatic imine (C=N–C) groups is 1. The molecule has 3 heteroatoms. The molecule has 0 saturated heterocycles. The first-order valence-corrected chi connectivity index (χ1v) is 3.81. The van der Waals surface area contributed by atoms with Crippen LogP contribution in [0.3, 0.4) is 0 Å². The Kier molecular flexibility index (Phi) is 2.52. The van der Waals surface area contributed by atoms with Crippen molar-refractivity contribution in [2.75, 3.05) is 0 Å². The molecule has 0 fully saturated rings. The molecule has 0 aromatic heterocycles. The van der Waals surface area contributed by atoms with Gasteiger partial charge in [0.25, 0.3) is 0 Å². The molecule has 3 nitrogen and oxygen atoms in total. The molecule has 0 saturated carbocycles. The Morgan fingerprint density at radius 1 is 1.36 bits per heavy atom. The van der Waals surface area contributed by atoms with Crippen LogP contribution in [0.15, 0.2) is 15.2 Å². The molecular formula is C8H13N3. The maximum absolute atomic E-state index is 4.09. The van der Waals surface area contributed by atoms with E-state index >= 15 is 0 Å². The highest BCUT2D eigenvalue weighted by Crippen LogP contribution is 2.05. The molecule has 1 aliphatic heterocycles. The smallest absolute Gasteiger partial charge is 0.147 e. The van der Waals surface area contributed by atoms with E-state index in [4.69, 9.17) is 0 Å². The van der Waals surface area contributed by atoms with Crippen molar-refractivity contribution >= 4 is 17.8 Å². The number of nitrogens with zero attached hydrogens (tertiary/aromatic N) is 3. The molecule has 0 amide bonds. The van der Waals surface area contributed by atoms with Crippen molar-refractivity contribution in [2.24, 2.45) is 21.1 Å². The van der Waals surface area contributed by atoms with Crippen LogP contribution < -0.4 is 0 Å². The summed E-state index contributed by atoms with van der Waals surface area (Å²) in [6.07, 6.45) is 2.86. The van der Waals surface area contributed by atoms with E-state index in [9.17, 15) is 0 Å². The van der Waals surface area contributed by atoms with Crippen LogP contribution in [0, 0.1) is 5.92 Å². The minimum atomic E-state index is 0.468. The van der Waals surface area contributed by atoms with E-state index < -0.39 is 0 Å². The van der Waals surface area contributed by atoms with Gasteiger partial charge in [0.15, 0.2) is 0 Å². The largest absolute Gasteiger partial charge is 0.244 e. The van der Waals surface area contributed by atoms with Crippen LogP contribution >= 0.6 is 0 Å². The molecule has 0 aromatic rings. The lowest BCUT2D eigenvalue weighted by molar-refractivity contribution is 0.811. The van der Waals surface area contributed by atoms with E-state index in [-0.39, 0.29) is 0 Å². The van der Waals surface area contributed by atoms with Gasteiger partial charge in [0.1, 0.15) is 5.84 Å². The fraction of sp³-hybridized carbons (Fsp3) is 0.625. The van der Waals surface area contributed by atoms with Gasteiger partial charge in [-0.05, 0) is 20.3 Å². The number of hydrogen-bond donors (Lipinski definition) is 0. The van der Waals surface area contributed by atoms with Gasteiger partial charge in [-0.25, -0.2) is 4.99 Å². The highest BCUT2D eigenvalue weighted by molar-refractivity contribution is 5.92. The van der Waals surface area contributed by atoms with Gasteiger partial charge < -0.3 is 0 Å². The molecule has 11 heavy (non-hydrogen) atoms. The summed E-state index contributed by atoms with van der Waals surface area (Å²) in [6.45, 7) is 5.98.